The van der Waals surface area contributed by atoms with Gasteiger partial charge in [-0.15, -0.1) is 0 Å². The normalized spacial score (nSPS) is 10.2. The summed E-state index contributed by atoms with van der Waals surface area (Å²) in [5.41, 5.74) is 2.21. The molecule has 0 aliphatic rings. The van der Waals surface area contributed by atoms with Gasteiger partial charge < -0.3 is 10.2 Å². The average molecular weight is 291 g/mol. The molecule has 5 heteroatoms. The highest BCUT2D eigenvalue weighted by Gasteiger charge is 2.07. The van der Waals surface area contributed by atoms with E-state index in [1.165, 1.54) is 0 Å². The van der Waals surface area contributed by atoms with Crippen LogP contribution in [0.15, 0.2) is 67.1 Å². The van der Waals surface area contributed by atoms with E-state index in [-0.39, 0.29) is 0 Å². The molecule has 0 amide bonds. The Morgan fingerprint density at radius 1 is 0.955 bits per heavy atom. The molecule has 0 spiro atoms. The first kappa shape index (κ1) is 14.0. The Balaban J connectivity index is 1.72. The second-order valence-corrected chi connectivity index (χ2v) is 4.85. The zero-order valence-electron chi connectivity index (χ0n) is 12.3. The molecule has 3 rings (SSSR count). The molecule has 1 aromatic carbocycles. The van der Waals surface area contributed by atoms with Gasteiger partial charge >= 0.3 is 0 Å². The van der Waals surface area contributed by atoms with E-state index in [1.807, 2.05) is 60.5 Å². The van der Waals surface area contributed by atoms with E-state index in [4.69, 9.17) is 0 Å². The van der Waals surface area contributed by atoms with Crippen LogP contribution in [0.2, 0.25) is 0 Å². The number of benzene rings is 1. The first-order valence-electron chi connectivity index (χ1n) is 7.07. The van der Waals surface area contributed by atoms with Crippen LogP contribution in [0, 0.1) is 0 Å². The van der Waals surface area contributed by atoms with Crippen molar-refractivity contribution in [3.8, 4) is 0 Å². The zero-order valence-corrected chi connectivity index (χ0v) is 12.3. The van der Waals surface area contributed by atoms with Gasteiger partial charge in [-0.1, -0.05) is 18.2 Å². The third kappa shape index (κ3) is 3.38. The van der Waals surface area contributed by atoms with Crippen molar-refractivity contribution in [3.05, 3.63) is 72.7 Å². The van der Waals surface area contributed by atoms with Gasteiger partial charge in [-0.3, -0.25) is 4.98 Å². The lowest BCUT2D eigenvalue weighted by Crippen LogP contribution is -2.14. The van der Waals surface area contributed by atoms with Crippen LogP contribution in [0.25, 0.3) is 0 Å². The molecule has 110 valence electrons. The van der Waals surface area contributed by atoms with Crippen molar-refractivity contribution in [1.82, 2.24) is 15.0 Å². The number of hydrogen-bond donors (Lipinski definition) is 1. The second kappa shape index (κ2) is 6.67. The van der Waals surface area contributed by atoms with Crippen molar-refractivity contribution in [2.45, 2.75) is 6.54 Å². The van der Waals surface area contributed by atoms with Crippen molar-refractivity contribution in [2.75, 3.05) is 17.3 Å². The molecule has 2 aromatic heterocycles. The second-order valence-electron chi connectivity index (χ2n) is 4.85. The van der Waals surface area contributed by atoms with Crippen molar-refractivity contribution in [3.63, 3.8) is 0 Å². The van der Waals surface area contributed by atoms with E-state index in [1.54, 1.807) is 18.6 Å². The van der Waals surface area contributed by atoms with Gasteiger partial charge in [-0.2, -0.15) is 4.98 Å². The Bertz CT molecular complexity index is 715. The van der Waals surface area contributed by atoms with Crippen molar-refractivity contribution >= 4 is 17.5 Å². The summed E-state index contributed by atoms with van der Waals surface area (Å²) in [7, 11) is 1.96. The topological polar surface area (TPSA) is 53.9 Å². The highest BCUT2D eigenvalue weighted by atomic mass is 15.2. The molecule has 0 atom stereocenters. The molecule has 2 heterocycles. The molecule has 0 aliphatic carbocycles. The highest BCUT2D eigenvalue weighted by molar-refractivity contribution is 5.57. The number of nitrogens with one attached hydrogen (secondary N) is 1. The van der Waals surface area contributed by atoms with Crippen LogP contribution in [-0.4, -0.2) is 22.0 Å². The standard InChI is InChI=1S/C17H17N5/c1-22(15-5-3-2-4-6-15)17-19-12-9-16(21-17)20-13-14-7-10-18-11-8-14/h2-12H,13H2,1H3,(H,19,20,21). The van der Waals surface area contributed by atoms with Crippen molar-refractivity contribution in [1.29, 1.82) is 0 Å². The average Bonchev–Trinajstić information content (AvgIpc) is 2.61. The number of pyridine rings is 1. The Morgan fingerprint density at radius 3 is 2.50 bits per heavy atom. The van der Waals surface area contributed by atoms with Crippen LogP contribution in [0.4, 0.5) is 17.5 Å². The summed E-state index contributed by atoms with van der Waals surface area (Å²) in [5, 5.41) is 3.30. The maximum absolute atomic E-state index is 4.55. The first-order chi connectivity index (χ1) is 10.8. The fourth-order valence-corrected chi connectivity index (χ4v) is 2.07. The van der Waals surface area contributed by atoms with Crippen molar-refractivity contribution < 1.29 is 0 Å². The molecule has 22 heavy (non-hydrogen) atoms. The molecule has 0 bridgehead atoms. The maximum Gasteiger partial charge on any atom is 0.231 e. The van der Waals surface area contributed by atoms with E-state index in [9.17, 15) is 0 Å². The number of nitrogens with zero attached hydrogens (tertiary/aromatic N) is 4. The Hall–Kier alpha value is -2.95. The molecule has 5 nitrogen and oxygen atoms in total. The number of para-hydroxylation sites is 1. The van der Waals surface area contributed by atoms with Gasteiger partial charge in [-0.25, -0.2) is 4.98 Å². The van der Waals surface area contributed by atoms with Crippen molar-refractivity contribution in [2.24, 2.45) is 0 Å². The molecule has 0 saturated heterocycles. The van der Waals surface area contributed by atoms with E-state index >= 15 is 0 Å². The van der Waals surface area contributed by atoms with Gasteiger partial charge in [0.25, 0.3) is 0 Å². The minimum Gasteiger partial charge on any atom is -0.366 e. The number of hydrogen-bond acceptors (Lipinski definition) is 5. The lowest BCUT2D eigenvalue weighted by atomic mass is 10.3. The molecule has 0 fully saturated rings. The van der Waals surface area contributed by atoms with Crippen LogP contribution >= 0.6 is 0 Å². The lowest BCUT2D eigenvalue weighted by Gasteiger charge is -2.17. The van der Waals surface area contributed by atoms with Gasteiger partial charge in [0.05, 0.1) is 0 Å². The maximum atomic E-state index is 4.55. The van der Waals surface area contributed by atoms with Crippen LogP contribution in [-0.2, 0) is 6.54 Å². The van der Waals surface area contributed by atoms with Crippen LogP contribution in [0.5, 0.6) is 0 Å². The van der Waals surface area contributed by atoms with Gasteiger partial charge in [0.15, 0.2) is 0 Å². The van der Waals surface area contributed by atoms with Crippen LogP contribution < -0.4 is 10.2 Å². The highest BCUT2D eigenvalue weighted by Crippen LogP contribution is 2.20. The summed E-state index contributed by atoms with van der Waals surface area (Å²) in [4.78, 5) is 14.9. The van der Waals surface area contributed by atoms with E-state index in [2.05, 4.69) is 20.3 Å². The van der Waals surface area contributed by atoms with Gasteiger partial charge in [-0.05, 0) is 35.9 Å². The van der Waals surface area contributed by atoms with Gasteiger partial charge in [0.2, 0.25) is 5.95 Å². The summed E-state index contributed by atoms with van der Waals surface area (Å²) >= 11 is 0. The largest absolute Gasteiger partial charge is 0.366 e. The molecular weight excluding hydrogens is 274 g/mol. The zero-order chi connectivity index (χ0) is 15.2. The first-order valence-corrected chi connectivity index (χ1v) is 7.07. The SMILES string of the molecule is CN(c1ccccc1)c1nccc(NCc2ccncc2)n1. The third-order valence-corrected chi connectivity index (χ3v) is 3.31. The Morgan fingerprint density at radius 2 is 1.73 bits per heavy atom. The van der Waals surface area contributed by atoms with Gasteiger partial charge in [0, 0.05) is 37.9 Å². The summed E-state index contributed by atoms with van der Waals surface area (Å²) in [6.45, 7) is 0.702. The number of anilines is 3. The molecule has 0 unspecified atom stereocenters. The summed E-state index contributed by atoms with van der Waals surface area (Å²) in [5.74, 6) is 1.45. The van der Waals surface area contributed by atoms with Gasteiger partial charge in [0.1, 0.15) is 5.82 Å². The molecule has 0 aliphatic heterocycles. The monoisotopic (exact) mass is 291 g/mol. The predicted octanol–water partition coefficient (Wildman–Crippen LogP) is 3.25. The van der Waals surface area contributed by atoms with E-state index in [0.29, 0.717) is 12.5 Å². The number of aromatic nitrogens is 3. The Labute approximate surface area is 129 Å². The predicted molar refractivity (Wildman–Crippen MR) is 88.1 cm³/mol. The summed E-state index contributed by atoms with van der Waals surface area (Å²) in [6, 6.07) is 15.9. The fraction of sp³-hybridized carbons (Fsp3) is 0.118. The minimum absolute atomic E-state index is 0.658. The molecule has 0 radical (unpaired) electrons. The van der Waals surface area contributed by atoms with E-state index in [0.717, 1.165) is 17.1 Å². The summed E-state index contributed by atoms with van der Waals surface area (Å²) in [6.07, 6.45) is 5.33. The quantitative estimate of drug-likeness (QED) is 0.782. The van der Waals surface area contributed by atoms with E-state index < -0.39 is 0 Å². The Kier molecular flexibility index (Phi) is 4.25. The third-order valence-electron chi connectivity index (χ3n) is 3.31. The molecule has 1 N–H and O–H groups in total. The summed E-state index contributed by atoms with van der Waals surface area (Å²) < 4.78 is 0. The molecular formula is C17H17N5. The van der Waals surface area contributed by atoms with Crippen LogP contribution in [0.1, 0.15) is 5.56 Å². The lowest BCUT2D eigenvalue weighted by molar-refractivity contribution is 1.02. The minimum atomic E-state index is 0.658. The smallest absolute Gasteiger partial charge is 0.231 e. The number of rotatable bonds is 5. The molecule has 3 aromatic rings. The van der Waals surface area contributed by atoms with Crippen LogP contribution in [0.3, 0.4) is 0 Å². The fourth-order valence-electron chi connectivity index (χ4n) is 2.07. The molecule has 0 saturated carbocycles.